The average molecular weight is 240 g/mol. The van der Waals surface area contributed by atoms with Crippen molar-refractivity contribution in [2.45, 2.75) is 64.1 Å². The van der Waals surface area contributed by atoms with Gasteiger partial charge >= 0.3 is 6.09 Å². The minimum Gasteiger partial charge on any atom is -0.444 e. The third kappa shape index (κ3) is 3.12. The molecule has 0 saturated heterocycles. The van der Waals surface area contributed by atoms with Crippen LogP contribution in [0, 0.1) is 11.8 Å². The van der Waals surface area contributed by atoms with Gasteiger partial charge in [-0.1, -0.05) is 0 Å². The molecule has 0 aliphatic heterocycles. The van der Waals surface area contributed by atoms with Crippen LogP contribution in [0.5, 0.6) is 0 Å². The van der Waals surface area contributed by atoms with Crippen molar-refractivity contribution in [3.63, 3.8) is 0 Å². The van der Waals surface area contributed by atoms with E-state index in [4.69, 9.17) is 10.5 Å². The molecular weight excluding hydrogens is 216 g/mol. The maximum absolute atomic E-state index is 11.8. The van der Waals surface area contributed by atoms with E-state index in [0.29, 0.717) is 17.9 Å². The number of amides is 1. The van der Waals surface area contributed by atoms with Crippen LogP contribution in [-0.4, -0.2) is 23.8 Å². The van der Waals surface area contributed by atoms with Gasteiger partial charge in [0.25, 0.3) is 0 Å². The topological polar surface area (TPSA) is 64.3 Å². The van der Waals surface area contributed by atoms with Gasteiger partial charge in [0.1, 0.15) is 5.60 Å². The maximum Gasteiger partial charge on any atom is 0.407 e. The van der Waals surface area contributed by atoms with Crippen LogP contribution >= 0.6 is 0 Å². The minimum absolute atomic E-state index is 0.282. The van der Waals surface area contributed by atoms with Gasteiger partial charge in [0, 0.05) is 12.1 Å². The standard InChI is InChI=1S/C13H24N2O2/c1-13(2,3)17-12(16)15-11-8-4-5-9(11)7-10(14)6-8/h8-11H,4-7,14H2,1-3H3,(H,15,16)/t8-,9+,10?,11?. The summed E-state index contributed by atoms with van der Waals surface area (Å²) in [6, 6.07) is 0.605. The molecule has 0 spiro atoms. The first-order chi connectivity index (χ1) is 7.85. The second-order valence-electron chi connectivity index (χ2n) is 6.50. The average Bonchev–Trinajstić information content (AvgIpc) is 2.42. The molecule has 98 valence electrons. The number of carbonyl (C=O) groups is 1. The van der Waals surface area contributed by atoms with Crippen LogP contribution < -0.4 is 11.1 Å². The van der Waals surface area contributed by atoms with Gasteiger partial charge in [-0.15, -0.1) is 0 Å². The molecule has 0 aromatic rings. The lowest BCUT2D eigenvalue weighted by molar-refractivity contribution is 0.0458. The first-order valence-electron chi connectivity index (χ1n) is 6.60. The number of carbonyl (C=O) groups excluding carboxylic acids is 1. The Hall–Kier alpha value is -0.770. The van der Waals surface area contributed by atoms with Crippen molar-refractivity contribution in [3.05, 3.63) is 0 Å². The van der Waals surface area contributed by atoms with Gasteiger partial charge in [-0.05, 0) is 58.3 Å². The van der Waals surface area contributed by atoms with Crippen molar-refractivity contribution in [1.29, 1.82) is 0 Å². The van der Waals surface area contributed by atoms with E-state index in [1.807, 2.05) is 20.8 Å². The lowest BCUT2D eigenvalue weighted by Crippen LogP contribution is -2.49. The molecule has 4 nitrogen and oxygen atoms in total. The summed E-state index contributed by atoms with van der Waals surface area (Å²) in [5, 5.41) is 3.04. The van der Waals surface area contributed by atoms with Crippen LogP contribution in [0.15, 0.2) is 0 Å². The fraction of sp³-hybridized carbons (Fsp3) is 0.923. The molecule has 4 atom stereocenters. The van der Waals surface area contributed by atoms with Crippen LogP contribution in [0.1, 0.15) is 46.5 Å². The summed E-state index contributed by atoms with van der Waals surface area (Å²) >= 11 is 0. The van der Waals surface area contributed by atoms with E-state index < -0.39 is 5.60 Å². The minimum atomic E-state index is -0.422. The first kappa shape index (κ1) is 12.7. The zero-order valence-electron chi connectivity index (χ0n) is 11.0. The van der Waals surface area contributed by atoms with Gasteiger partial charge in [-0.25, -0.2) is 4.79 Å². The molecule has 2 bridgehead atoms. The van der Waals surface area contributed by atoms with Crippen molar-refractivity contribution in [2.75, 3.05) is 0 Å². The summed E-state index contributed by atoms with van der Waals surface area (Å²) in [6.45, 7) is 5.66. The molecule has 3 N–H and O–H groups in total. The maximum atomic E-state index is 11.8. The second-order valence-corrected chi connectivity index (χ2v) is 6.50. The van der Waals surface area contributed by atoms with Gasteiger partial charge in [0.15, 0.2) is 0 Å². The van der Waals surface area contributed by atoms with Gasteiger partial charge in [-0.3, -0.25) is 0 Å². The highest BCUT2D eigenvalue weighted by Gasteiger charge is 2.42. The van der Waals surface area contributed by atoms with Gasteiger partial charge in [0.05, 0.1) is 0 Å². The first-order valence-corrected chi connectivity index (χ1v) is 6.60. The molecule has 0 radical (unpaired) electrons. The smallest absolute Gasteiger partial charge is 0.407 e. The zero-order valence-corrected chi connectivity index (χ0v) is 11.0. The number of ether oxygens (including phenoxy) is 1. The molecule has 0 aromatic carbocycles. The normalized spacial score (nSPS) is 36.7. The van der Waals surface area contributed by atoms with E-state index in [9.17, 15) is 4.79 Å². The fourth-order valence-corrected chi connectivity index (χ4v) is 3.25. The number of fused-ring (bicyclic) bond motifs is 2. The Bertz CT molecular complexity index is 284. The third-order valence-corrected chi connectivity index (χ3v) is 3.82. The zero-order chi connectivity index (χ0) is 12.6. The number of hydrogen-bond donors (Lipinski definition) is 2. The Labute approximate surface area is 103 Å². The summed E-state index contributed by atoms with van der Waals surface area (Å²) in [6.07, 6.45) is 4.18. The van der Waals surface area contributed by atoms with Crippen LogP contribution in [0.3, 0.4) is 0 Å². The third-order valence-electron chi connectivity index (χ3n) is 3.82. The molecule has 2 fully saturated rings. The monoisotopic (exact) mass is 240 g/mol. The van der Waals surface area contributed by atoms with Crippen molar-refractivity contribution >= 4 is 6.09 Å². The van der Waals surface area contributed by atoms with Crippen LogP contribution in [-0.2, 0) is 4.74 Å². The molecular formula is C13H24N2O2. The molecule has 2 saturated carbocycles. The Morgan fingerprint density at radius 1 is 1.24 bits per heavy atom. The van der Waals surface area contributed by atoms with E-state index in [1.54, 1.807) is 0 Å². The van der Waals surface area contributed by atoms with E-state index in [1.165, 1.54) is 12.8 Å². The lowest BCUT2D eigenvalue weighted by Gasteiger charge is -2.34. The van der Waals surface area contributed by atoms with Crippen molar-refractivity contribution < 1.29 is 9.53 Å². The number of nitrogens with one attached hydrogen (secondary N) is 1. The predicted molar refractivity (Wildman–Crippen MR) is 66.6 cm³/mol. The molecule has 2 rings (SSSR count). The number of alkyl carbamates (subject to hydrolysis) is 1. The number of hydrogen-bond acceptors (Lipinski definition) is 3. The van der Waals surface area contributed by atoms with Crippen LogP contribution in [0.2, 0.25) is 0 Å². The van der Waals surface area contributed by atoms with E-state index in [2.05, 4.69) is 5.32 Å². The Morgan fingerprint density at radius 2 is 1.76 bits per heavy atom. The van der Waals surface area contributed by atoms with Crippen molar-refractivity contribution in [3.8, 4) is 0 Å². The second kappa shape index (κ2) is 4.48. The molecule has 2 aliphatic carbocycles. The van der Waals surface area contributed by atoms with Crippen LogP contribution in [0.4, 0.5) is 4.79 Å². The van der Waals surface area contributed by atoms with Crippen molar-refractivity contribution in [2.24, 2.45) is 17.6 Å². The van der Waals surface area contributed by atoms with Gasteiger partial charge < -0.3 is 15.8 Å². The largest absolute Gasteiger partial charge is 0.444 e. The Balaban J connectivity index is 1.90. The highest BCUT2D eigenvalue weighted by molar-refractivity contribution is 5.68. The van der Waals surface area contributed by atoms with E-state index in [0.717, 1.165) is 12.8 Å². The Morgan fingerprint density at radius 3 is 2.24 bits per heavy atom. The summed E-state index contributed by atoms with van der Waals surface area (Å²) in [4.78, 5) is 11.8. The summed E-state index contributed by atoms with van der Waals surface area (Å²) < 4.78 is 5.31. The summed E-state index contributed by atoms with van der Waals surface area (Å²) in [7, 11) is 0. The number of nitrogens with two attached hydrogens (primary N) is 1. The Kier molecular flexibility index (Phi) is 3.34. The molecule has 2 aliphatic rings. The van der Waals surface area contributed by atoms with E-state index >= 15 is 0 Å². The molecule has 1 amide bonds. The molecule has 17 heavy (non-hydrogen) atoms. The summed E-state index contributed by atoms with van der Waals surface area (Å²) in [5.74, 6) is 1.10. The fourth-order valence-electron chi connectivity index (χ4n) is 3.25. The van der Waals surface area contributed by atoms with Crippen LogP contribution in [0.25, 0.3) is 0 Å². The predicted octanol–water partition coefficient (Wildman–Crippen LogP) is 2.03. The highest BCUT2D eigenvalue weighted by atomic mass is 16.6. The molecule has 0 heterocycles. The van der Waals surface area contributed by atoms with Gasteiger partial charge in [0.2, 0.25) is 0 Å². The quantitative estimate of drug-likeness (QED) is 0.737. The number of rotatable bonds is 1. The highest BCUT2D eigenvalue weighted by Crippen LogP contribution is 2.41. The molecule has 4 heteroatoms. The van der Waals surface area contributed by atoms with E-state index in [-0.39, 0.29) is 12.1 Å². The summed E-state index contributed by atoms with van der Waals surface area (Å²) in [5.41, 5.74) is 5.58. The molecule has 2 unspecified atom stereocenters. The SMILES string of the molecule is CC(C)(C)OC(=O)NC1[C@@H]2CC[C@H]1CC(N)C2. The van der Waals surface area contributed by atoms with Crippen molar-refractivity contribution in [1.82, 2.24) is 5.32 Å². The molecule has 0 aromatic heterocycles. The lowest BCUT2D eigenvalue weighted by atomic mass is 9.81. The van der Waals surface area contributed by atoms with Gasteiger partial charge in [-0.2, -0.15) is 0 Å².